The van der Waals surface area contributed by atoms with E-state index in [1.54, 1.807) is 19.1 Å². The molecule has 0 saturated heterocycles. The van der Waals surface area contributed by atoms with Gasteiger partial charge in [-0.2, -0.15) is 0 Å². The monoisotopic (exact) mass is 444 g/mol. The highest BCUT2D eigenvalue weighted by molar-refractivity contribution is 7.99. The lowest BCUT2D eigenvalue weighted by Gasteiger charge is -2.16. The number of hydrogen-bond acceptors (Lipinski definition) is 6. The number of methoxy groups -OCH3 is 2. The Kier molecular flexibility index (Phi) is 8.89. The van der Waals surface area contributed by atoms with Crippen molar-refractivity contribution in [2.24, 2.45) is 4.99 Å². The molecular formula is C21H24N4O5S. The number of carbonyl (C=O) groups excluding carboxylic acids is 3. The molecule has 0 spiro atoms. The van der Waals surface area contributed by atoms with Crippen molar-refractivity contribution in [2.45, 2.75) is 30.1 Å². The Bertz CT molecular complexity index is 976. The average Bonchev–Trinajstić information content (AvgIpc) is 2.76. The van der Waals surface area contributed by atoms with E-state index in [4.69, 9.17) is 0 Å². The lowest BCUT2D eigenvalue weighted by Crippen LogP contribution is -2.36. The lowest BCUT2D eigenvalue weighted by molar-refractivity contribution is -0.115. The predicted molar refractivity (Wildman–Crippen MR) is 120 cm³/mol. The average molecular weight is 445 g/mol. The molecule has 31 heavy (non-hydrogen) atoms. The molecule has 0 aromatic heterocycles. The van der Waals surface area contributed by atoms with Crippen LogP contribution in [0.3, 0.4) is 0 Å². The van der Waals surface area contributed by atoms with Crippen molar-refractivity contribution < 1.29 is 23.9 Å². The topological polar surface area (TPSA) is 118 Å². The fourth-order valence-corrected chi connectivity index (χ4v) is 3.14. The number of benzene rings is 2. The highest BCUT2D eigenvalue weighted by Crippen LogP contribution is 2.33. The molecule has 2 aromatic carbocycles. The first-order valence-electron chi connectivity index (χ1n) is 9.31. The van der Waals surface area contributed by atoms with Gasteiger partial charge in [-0.05, 0) is 37.3 Å². The molecule has 0 atom stereocenters. The second-order valence-electron chi connectivity index (χ2n) is 6.20. The van der Waals surface area contributed by atoms with Crippen molar-refractivity contribution >= 4 is 47.2 Å². The van der Waals surface area contributed by atoms with E-state index in [0.29, 0.717) is 11.4 Å². The van der Waals surface area contributed by atoms with Gasteiger partial charge in [-0.3, -0.25) is 10.1 Å². The van der Waals surface area contributed by atoms with E-state index >= 15 is 0 Å². The largest absolute Gasteiger partial charge is 0.453 e. The van der Waals surface area contributed by atoms with E-state index in [-0.39, 0.29) is 18.3 Å². The number of ether oxygens (including phenoxy) is 2. The number of nitrogens with one attached hydrogen (secondary N) is 3. The van der Waals surface area contributed by atoms with Gasteiger partial charge in [0.05, 0.1) is 25.6 Å². The van der Waals surface area contributed by atoms with Crippen LogP contribution in [0, 0.1) is 6.92 Å². The van der Waals surface area contributed by atoms with E-state index in [2.05, 4.69) is 30.4 Å². The molecule has 0 unspecified atom stereocenters. The second kappa shape index (κ2) is 11.6. The summed E-state index contributed by atoms with van der Waals surface area (Å²) in [6.45, 7) is 3.75. The van der Waals surface area contributed by atoms with E-state index in [1.165, 1.54) is 18.9 Å². The fraction of sp³-hybridized carbons (Fsp3) is 0.238. The SMILES string of the molecule is CCC(=O)Nc1cc(Sc2ccc(C)cc2)ccc1NC(=NC(=O)OC)NC(=O)OC. The van der Waals surface area contributed by atoms with Crippen molar-refractivity contribution in [3.8, 4) is 0 Å². The summed E-state index contributed by atoms with van der Waals surface area (Å²) < 4.78 is 9.05. The van der Waals surface area contributed by atoms with Gasteiger partial charge in [0.1, 0.15) is 0 Å². The van der Waals surface area contributed by atoms with Gasteiger partial charge < -0.3 is 20.1 Å². The van der Waals surface area contributed by atoms with Crippen LogP contribution in [0.4, 0.5) is 21.0 Å². The van der Waals surface area contributed by atoms with Crippen LogP contribution in [-0.2, 0) is 14.3 Å². The van der Waals surface area contributed by atoms with Gasteiger partial charge in [-0.15, -0.1) is 4.99 Å². The first-order valence-corrected chi connectivity index (χ1v) is 10.1. The van der Waals surface area contributed by atoms with Crippen molar-refractivity contribution in [3.63, 3.8) is 0 Å². The van der Waals surface area contributed by atoms with Gasteiger partial charge >= 0.3 is 12.2 Å². The Morgan fingerprint density at radius 1 is 0.935 bits per heavy atom. The number of aliphatic imine (C=N–C) groups is 1. The molecule has 0 aliphatic carbocycles. The van der Waals surface area contributed by atoms with Gasteiger partial charge in [0.15, 0.2) is 0 Å². The maximum atomic E-state index is 12.0. The molecule has 9 nitrogen and oxygen atoms in total. The molecule has 10 heteroatoms. The Balaban J connectivity index is 2.35. The minimum atomic E-state index is -0.926. The third kappa shape index (κ3) is 7.67. The number of hydrogen-bond donors (Lipinski definition) is 3. The second-order valence-corrected chi connectivity index (χ2v) is 7.34. The van der Waals surface area contributed by atoms with Crippen molar-refractivity contribution in [1.29, 1.82) is 0 Å². The molecule has 3 N–H and O–H groups in total. The number of anilines is 2. The van der Waals surface area contributed by atoms with E-state index in [1.807, 2.05) is 37.3 Å². The first-order chi connectivity index (χ1) is 14.8. The lowest BCUT2D eigenvalue weighted by atomic mass is 10.2. The number of amides is 3. The zero-order chi connectivity index (χ0) is 22.8. The number of aryl methyl sites for hydroxylation is 1. The minimum Gasteiger partial charge on any atom is -0.453 e. The zero-order valence-corrected chi connectivity index (χ0v) is 18.5. The molecule has 3 amide bonds. The standard InChI is InChI=1S/C21H24N4O5S/c1-5-18(26)22-17-12-15(31-14-8-6-13(2)7-9-14)10-11-16(17)23-19(24-20(27)29-3)25-21(28)30-4/h6-12H,5H2,1-4H3,(H,22,26)(H2,23,24,25,27,28). The van der Waals surface area contributed by atoms with Crippen LogP contribution in [0.15, 0.2) is 57.2 Å². The highest BCUT2D eigenvalue weighted by Gasteiger charge is 2.14. The fourth-order valence-electron chi connectivity index (χ4n) is 2.28. The van der Waals surface area contributed by atoms with Crippen LogP contribution in [-0.4, -0.2) is 38.3 Å². The molecule has 2 rings (SSSR count). The maximum Gasteiger partial charge on any atom is 0.436 e. The Labute approximate surface area is 184 Å². The molecule has 0 fully saturated rings. The van der Waals surface area contributed by atoms with Gasteiger partial charge in [-0.1, -0.05) is 36.4 Å². The predicted octanol–water partition coefficient (Wildman–Crippen LogP) is 4.39. The third-order valence-electron chi connectivity index (χ3n) is 3.88. The van der Waals surface area contributed by atoms with Crippen molar-refractivity contribution in [2.75, 3.05) is 24.9 Å². The van der Waals surface area contributed by atoms with Gasteiger partial charge in [-0.25, -0.2) is 9.59 Å². The summed E-state index contributed by atoms with van der Waals surface area (Å²) in [5.74, 6) is -0.419. The molecule has 0 aliphatic heterocycles. The summed E-state index contributed by atoms with van der Waals surface area (Å²) in [5, 5.41) is 7.92. The van der Waals surface area contributed by atoms with E-state index in [0.717, 1.165) is 22.5 Å². The van der Waals surface area contributed by atoms with Gasteiger partial charge in [0.25, 0.3) is 0 Å². The van der Waals surface area contributed by atoms with Crippen molar-refractivity contribution in [3.05, 3.63) is 48.0 Å². The minimum absolute atomic E-state index is 0.201. The Hall–Kier alpha value is -3.53. The number of rotatable bonds is 5. The smallest absolute Gasteiger partial charge is 0.436 e. The van der Waals surface area contributed by atoms with Gasteiger partial charge in [0.2, 0.25) is 11.9 Å². The van der Waals surface area contributed by atoms with Crippen LogP contribution in [0.25, 0.3) is 0 Å². The van der Waals surface area contributed by atoms with Crippen molar-refractivity contribution in [1.82, 2.24) is 5.32 Å². The molecule has 2 aromatic rings. The summed E-state index contributed by atoms with van der Waals surface area (Å²) in [6.07, 6.45) is -1.48. The zero-order valence-electron chi connectivity index (χ0n) is 17.6. The third-order valence-corrected chi connectivity index (χ3v) is 4.88. The molecule has 0 heterocycles. The summed E-state index contributed by atoms with van der Waals surface area (Å²) in [6, 6.07) is 13.4. The number of carbonyl (C=O) groups is 3. The summed E-state index contributed by atoms with van der Waals surface area (Å²) in [7, 11) is 2.33. The normalized spacial score (nSPS) is 10.8. The quantitative estimate of drug-likeness (QED) is 0.462. The molecular weight excluding hydrogens is 420 g/mol. The van der Waals surface area contributed by atoms with Crippen LogP contribution in [0.2, 0.25) is 0 Å². The number of guanidine groups is 1. The van der Waals surface area contributed by atoms with Crippen LogP contribution in [0.5, 0.6) is 0 Å². The molecule has 0 radical (unpaired) electrons. The molecule has 0 saturated carbocycles. The Morgan fingerprint density at radius 2 is 1.61 bits per heavy atom. The Morgan fingerprint density at radius 3 is 2.23 bits per heavy atom. The van der Waals surface area contributed by atoms with Crippen LogP contribution in [0.1, 0.15) is 18.9 Å². The summed E-state index contributed by atoms with van der Waals surface area (Å²) >= 11 is 1.53. The van der Waals surface area contributed by atoms with E-state index in [9.17, 15) is 14.4 Å². The molecule has 164 valence electrons. The summed E-state index contributed by atoms with van der Waals surface area (Å²) in [4.78, 5) is 40.7. The van der Waals surface area contributed by atoms with Crippen LogP contribution >= 0.6 is 11.8 Å². The highest BCUT2D eigenvalue weighted by atomic mass is 32.2. The number of nitrogens with zero attached hydrogens (tertiary/aromatic N) is 1. The number of alkyl carbamates (subject to hydrolysis) is 1. The van der Waals surface area contributed by atoms with Crippen LogP contribution < -0.4 is 16.0 Å². The first kappa shape index (κ1) is 23.7. The van der Waals surface area contributed by atoms with Gasteiger partial charge in [0, 0.05) is 16.2 Å². The molecule has 0 bridgehead atoms. The summed E-state index contributed by atoms with van der Waals surface area (Å²) in [5.41, 5.74) is 2.03. The van der Waals surface area contributed by atoms with E-state index < -0.39 is 12.2 Å². The maximum absolute atomic E-state index is 12.0. The molecule has 0 aliphatic rings.